The van der Waals surface area contributed by atoms with Gasteiger partial charge in [-0.15, -0.1) is 0 Å². The second-order valence-corrected chi connectivity index (χ2v) is 4.23. The van der Waals surface area contributed by atoms with E-state index in [1.807, 2.05) is 0 Å². The van der Waals surface area contributed by atoms with E-state index in [0.717, 1.165) is 0 Å². The maximum Gasteiger partial charge on any atom is 0.328 e. The van der Waals surface area contributed by atoms with Gasteiger partial charge in [0.2, 0.25) is 10.9 Å². The molecular formula is C12H13NO5. The molecule has 1 N–H and O–H groups in total. The first kappa shape index (κ1) is 12.5. The molecule has 1 fully saturated rings. The van der Waals surface area contributed by atoms with Crippen LogP contribution in [0.2, 0.25) is 0 Å². The van der Waals surface area contributed by atoms with Gasteiger partial charge in [-0.05, 0) is 0 Å². The smallest absolute Gasteiger partial charge is 0.328 e. The fourth-order valence-corrected chi connectivity index (χ4v) is 1.88. The predicted octanol–water partition coefficient (Wildman–Crippen LogP) is -0.468. The molecule has 0 aromatic heterocycles. The molecule has 1 unspecified atom stereocenters. The highest BCUT2D eigenvalue weighted by atomic mass is 16.5. The lowest BCUT2D eigenvalue weighted by atomic mass is 9.99. The number of rotatable bonds is 5. The third-order valence-corrected chi connectivity index (χ3v) is 3.03. The molecule has 0 amide bonds. The van der Waals surface area contributed by atoms with E-state index in [1.54, 1.807) is 6.92 Å². The molecule has 0 aliphatic carbocycles. The molecule has 0 bridgehead atoms. The van der Waals surface area contributed by atoms with Gasteiger partial charge in [-0.25, -0.2) is 4.79 Å². The topological polar surface area (TPSA) is 89.5 Å². The Kier molecular flexibility index (Phi) is 3.27. The number of ether oxygens (including phenoxy) is 1. The maximum absolute atomic E-state index is 11.4. The summed E-state index contributed by atoms with van der Waals surface area (Å²) in [5.41, 5.74) is -1.00. The van der Waals surface area contributed by atoms with Gasteiger partial charge in [0.15, 0.2) is 0 Å². The molecular weight excluding hydrogens is 238 g/mol. The molecule has 6 heteroatoms. The Morgan fingerprint density at radius 1 is 1.33 bits per heavy atom. The van der Waals surface area contributed by atoms with Crippen molar-refractivity contribution in [3.63, 3.8) is 0 Å². The number of hydrogen-bond acceptors (Lipinski definition) is 6. The van der Waals surface area contributed by atoms with Crippen LogP contribution < -0.4 is 16.2 Å². The molecule has 2 rings (SSSR count). The molecule has 1 aromatic carbocycles. The summed E-state index contributed by atoms with van der Waals surface area (Å²) in [5.74, 6) is -0.546. The molecule has 6 nitrogen and oxygen atoms in total. The fraction of sp³-hybridized carbons (Fsp3) is 0.500. The lowest BCUT2D eigenvalue weighted by Crippen LogP contribution is -2.42. The molecule has 0 radical (unpaired) electrons. The third-order valence-electron chi connectivity index (χ3n) is 3.03. The van der Waals surface area contributed by atoms with Crippen molar-refractivity contribution in [2.24, 2.45) is 0 Å². The van der Waals surface area contributed by atoms with Crippen molar-refractivity contribution in [3.8, 4) is 0 Å². The summed E-state index contributed by atoms with van der Waals surface area (Å²) >= 11 is 0. The quantitative estimate of drug-likeness (QED) is 0.562. The van der Waals surface area contributed by atoms with Crippen LogP contribution in [0.25, 0.3) is 0 Å². The van der Waals surface area contributed by atoms with Gasteiger partial charge in [-0.3, -0.25) is 14.4 Å². The van der Waals surface area contributed by atoms with Gasteiger partial charge >= 0.3 is 5.97 Å². The number of Topliss-reactive ketones (excluding diaryl/α,β-unsaturated/α-hetero) is 1. The average Bonchev–Trinajstić information content (AvgIpc) is 2.78. The minimum absolute atomic E-state index is 0.0504. The van der Waals surface area contributed by atoms with Crippen molar-refractivity contribution in [1.82, 2.24) is 0 Å². The molecule has 1 heterocycles. The maximum atomic E-state index is 11.4. The Morgan fingerprint density at radius 2 is 2.06 bits per heavy atom. The number of carbonyl (C=O) groups is 2. The molecule has 18 heavy (non-hydrogen) atoms. The van der Waals surface area contributed by atoms with Crippen LogP contribution >= 0.6 is 0 Å². The van der Waals surface area contributed by atoms with Crippen LogP contribution in [-0.4, -0.2) is 24.4 Å². The molecule has 0 spiro atoms. The van der Waals surface area contributed by atoms with E-state index in [0.29, 0.717) is 19.4 Å². The number of nitrogens with one attached hydrogen (secondary N) is 1. The van der Waals surface area contributed by atoms with E-state index in [4.69, 9.17) is 4.74 Å². The van der Waals surface area contributed by atoms with Crippen LogP contribution in [0, 0.1) is 0 Å². The number of anilines is 1. The average molecular weight is 251 g/mol. The summed E-state index contributed by atoms with van der Waals surface area (Å²) in [4.78, 5) is 45.3. The van der Waals surface area contributed by atoms with Crippen molar-refractivity contribution in [2.45, 2.75) is 32.2 Å². The van der Waals surface area contributed by atoms with Crippen molar-refractivity contribution < 1.29 is 14.3 Å². The van der Waals surface area contributed by atoms with E-state index in [2.05, 4.69) is 5.32 Å². The summed E-state index contributed by atoms with van der Waals surface area (Å²) in [7, 11) is 0. The second kappa shape index (κ2) is 4.72. The Morgan fingerprint density at radius 3 is 2.61 bits per heavy atom. The van der Waals surface area contributed by atoms with Crippen LogP contribution in [0.5, 0.6) is 0 Å². The predicted molar refractivity (Wildman–Crippen MR) is 63.3 cm³/mol. The zero-order valence-corrected chi connectivity index (χ0v) is 9.95. The van der Waals surface area contributed by atoms with Gasteiger partial charge in [0.1, 0.15) is 11.8 Å². The summed E-state index contributed by atoms with van der Waals surface area (Å²) < 4.78 is 4.75. The molecule has 1 saturated heterocycles. The van der Waals surface area contributed by atoms with E-state index in [9.17, 15) is 19.2 Å². The van der Waals surface area contributed by atoms with Gasteiger partial charge < -0.3 is 10.1 Å². The van der Waals surface area contributed by atoms with Crippen molar-refractivity contribution in [2.75, 3.05) is 11.9 Å². The second-order valence-electron chi connectivity index (χ2n) is 4.23. The highest BCUT2D eigenvalue weighted by molar-refractivity contribution is 5.85. The number of carbonyl (C=O) groups excluding carboxylic acids is 2. The molecule has 96 valence electrons. The van der Waals surface area contributed by atoms with Gasteiger partial charge in [0.05, 0.1) is 12.3 Å². The summed E-state index contributed by atoms with van der Waals surface area (Å²) in [6.07, 6.45) is 0.716. The first-order chi connectivity index (χ1) is 8.54. The van der Waals surface area contributed by atoms with E-state index in [1.165, 1.54) is 0 Å². The van der Waals surface area contributed by atoms with E-state index in [-0.39, 0.29) is 23.5 Å². The molecule has 1 atom stereocenters. The molecule has 1 aliphatic heterocycles. The number of ketones is 1. The monoisotopic (exact) mass is 251 g/mol. The Balaban J connectivity index is 2.16. The number of esters is 1. The van der Waals surface area contributed by atoms with E-state index < -0.39 is 22.9 Å². The standard InChI is InChI=1S/C12H13NO5/c1-2-6(14)5-7-9(11(16)10(7)15)13-8-3-4-18-12(8)17/h8,13H,2-5H2,1H3. The first-order valence-electron chi connectivity index (χ1n) is 5.81. The minimum atomic E-state index is -0.659. The minimum Gasteiger partial charge on any atom is -0.464 e. The van der Waals surface area contributed by atoms with Gasteiger partial charge in [0.25, 0.3) is 0 Å². The summed E-state index contributed by atoms with van der Waals surface area (Å²) in [5, 5.41) is 2.71. The largest absolute Gasteiger partial charge is 0.464 e. The molecule has 1 aromatic rings. The Hall–Kier alpha value is -1.98. The Labute approximate surface area is 103 Å². The highest BCUT2D eigenvalue weighted by Crippen LogP contribution is 2.16. The van der Waals surface area contributed by atoms with Crippen LogP contribution in [0.1, 0.15) is 25.3 Å². The lowest BCUT2D eigenvalue weighted by molar-refractivity contribution is -0.138. The normalized spacial score (nSPS) is 18.9. The lowest BCUT2D eigenvalue weighted by Gasteiger charge is -2.15. The van der Waals surface area contributed by atoms with Crippen molar-refractivity contribution >= 4 is 17.4 Å². The van der Waals surface area contributed by atoms with Crippen LogP contribution in [0.4, 0.5) is 5.69 Å². The summed E-state index contributed by atoms with van der Waals surface area (Å²) in [6, 6.07) is -0.594. The number of hydrogen-bond donors (Lipinski definition) is 1. The highest BCUT2D eigenvalue weighted by Gasteiger charge is 2.31. The van der Waals surface area contributed by atoms with Crippen LogP contribution in [0.15, 0.2) is 9.59 Å². The molecule has 1 aliphatic rings. The Bertz CT molecular complexity index is 567. The first-order valence-corrected chi connectivity index (χ1v) is 5.81. The SMILES string of the molecule is CCC(=O)Cc1c(NC2CCOC2=O)c(=O)c1=O. The van der Waals surface area contributed by atoms with Crippen molar-refractivity contribution in [3.05, 3.63) is 26.0 Å². The van der Waals surface area contributed by atoms with Crippen LogP contribution in [0.3, 0.4) is 0 Å². The van der Waals surface area contributed by atoms with Crippen LogP contribution in [-0.2, 0) is 20.7 Å². The third kappa shape index (κ3) is 2.05. The number of cyclic esters (lactones) is 1. The van der Waals surface area contributed by atoms with Gasteiger partial charge in [-0.1, -0.05) is 6.92 Å². The summed E-state index contributed by atoms with van der Waals surface area (Å²) in [6.45, 7) is 1.99. The fourth-order valence-electron chi connectivity index (χ4n) is 1.88. The van der Waals surface area contributed by atoms with Gasteiger partial charge in [-0.2, -0.15) is 0 Å². The van der Waals surface area contributed by atoms with Gasteiger partial charge in [0, 0.05) is 24.8 Å². The zero-order chi connectivity index (χ0) is 13.3. The van der Waals surface area contributed by atoms with Crippen molar-refractivity contribution in [1.29, 1.82) is 0 Å². The zero-order valence-electron chi connectivity index (χ0n) is 9.95. The van der Waals surface area contributed by atoms with E-state index >= 15 is 0 Å². The molecule has 0 saturated carbocycles.